The summed E-state index contributed by atoms with van der Waals surface area (Å²) < 4.78 is 5.02. The van der Waals surface area contributed by atoms with E-state index < -0.39 is 0 Å². The van der Waals surface area contributed by atoms with E-state index >= 15 is 0 Å². The van der Waals surface area contributed by atoms with Crippen molar-refractivity contribution >= 4 is 18.4 Å². The first-order chi connectivity index (χ1) is 7.09. The molecule has 1 rings (SSSR count). The summed E-state index contributed by atoms with van der Waals surface area (Å²) in [6.07, 6.45) is 0.142. The highest BCUT2D eigenvalue weighted by Crippen LogP contribution is 2.14. The molecule has 0 bridgehead atoms. The zero-order valence-corrected chi connectivity index (χ0v) is 10.4. The van der Waals surface area contributed by atoms with Crippen molar-refractivity contribution in [2.24, 2.45) is 5.73 Å². The molecule has 1 aromatic rings. The van der Waals surface area contributed by atoms with Crippen LogP contribution in [0, 0.1) is 0 Å². The van der Waals surface area contributed by atoms with Crippen molar-refractivity contribution in [1.82, 2.24) is 0 Å². The summed E-state index contributed by atoms with van der Waals surface area (Å²) in [4.78, 5) is 11.3. The van der Waals surface area contributed by atoms with Crippen LogP contribution in [0.4, 0.5) is 0 Å². The molecule has 3 nitrogen and oxygen atoms in total. The number of rotatable bonds is 4. The molecule has 2 N–H and O–H groups in total. The lowest BCUT2D eigenvalue weighted by molar-refractivity contribution is -0.147. The molecule has 4 heteroatoms. The number of esters is 1. The monoisotopic (exact) mass is 243 g/mol. The molecule has 0 saturated carbocycles. The van der Waals surface area contributed by atoms with Crippen molar-refractivity contribution in [3.8, 4) is 0 Å². The largest absolute Gasteiger partial charge is 0.463 e. The van der Waals surface area contributed by atoms with Gasteiger partial charge < -0.3 is 10.5 Å². The van der Waals surface area contributed by atoms with Crippen molar-refractivity contribution in [2.75, 3.05) is 0 Å². The van der Waals surface area contributed by atoms with Crippen molar-refractivity contribution < 1.29 is 9.53 Å². The Morgan fingerprint density at radius 3 is 2.38 bits per heavy atom. The highest BCUT2D eigenvalue weighted by Gasteiger charge is 2.13. The number of hydrogen-bond donors (Lipinski definition) is 1. The highest BCUT2D eigenvalue weighted by atomic mass is 35.5. The third-order valence-corrected chi connectivity index (χ3v) is 1.98. The molecule has 0 heterocycles. The van der Waals surface area contributed by atoms with Gasteiger partial charge in [-0.05, 0) is 19.4 Å². The fourth-order valence-electron chi connectivity index (χ4n) is 1.31. The summed E-state index contributed by atoms with van der Waals surface area (Å²) in [5.74, 6) is -0.249. The van der Waals surface area contributed by atoms with Crippen LogP contribution in [-0.4, -0.2) is 12.1 Å². The molecule has 0 aliphatic heterocycles. The van der Waals surface area contributed by atoms with Gasteiger partial charge in [-0.25, -0.2) is 0 Å². The van der Waals surface area contributed by atoms with Gasteiger partial charge in [-0.15, -0.1) is 12.4 Å². The van der Waals surface area contributed by atoms with Gasteiger partial charge in [0, 0.05) is 6.04 Å². The third-order valence-electron chi connectivity index (χ3n) is 1.98. The normalized spacial score (nSPS) is 11.8. The highest BCUT2D eigenvalue weighted by molar-refractivity contribution is 5.85. The fourth-order valence-corrected chi connectivity index (χ4v) is 1.31. The molecule has 0 amide bonds. The zero-order chi connectivity index (χ0) is 11.3. The van der Waals surface area contributed by atoms with E-state index in [0.29, 0.717) is 0 Å². The van der Waals surface area contributed by atoms with E-state index in [1.165, 1.54) is 0 Å². The van der Waals surface area contributed by atoms with Gasteiger partial charge in [-0.2, -0.15) is 0 Å². The first-order valence-electron chi connectivity index (χ1n) is 5.09. The summed E-state index contributed by atoms with van der Waals surface area (Å²) in [5, 5.41) is 0. The number of benzene rings is 1. The summed E-state index contributed by atoms with van der Waals surface area (Å²) in [7, 11) is 0. The molecule has 1 aromatic carbocycles. The Labute approximate surface area is 102 Å². The van der Waals surface area contributed by atoms with Crippen LogP contribution in [0.15, 0.2) is 30.3 Å². The van der Waals surface area contributed by atoms with E-state index in [4.69, 9.17) is 10.5 Å². The third kappa shape index (κ3) is 5.14. The first-order valence-corrected chi connectivity index (χ1v) is 5.09. The van der Waals surface area contributed by atoms with Crippen LogP contribution < -0.4 is 5.73 Å². The molecule has 90 valence electrons. The summed E-state index contributed by atoms with van der Waals surface area (Å²) in [6.45, 7) is 3.65. The van der Waals surface area contributed by atoms with Gasteiger partial charge in [0.2, 0.25) is 0 Å². The van der Waals surface area contributed by atoms with Crippen LogP contribution in [-0.2, 0) is 9.53 Å². The molecule has 0 aliphatic carbocycles. The van der Waals surface area contributed by atoms with Crippen LogP contribution in [0.25, 0.3) is 0 Å². The second kappa shape index (κ2) is 7.25. The lowest BCUT2D eigenvalue weighted by Gasteiger charge is -2.13. The van der Waals surface area contributed by atoms with E-state index in [1.54, 1.807) is 0 Å². The van der Waals surface area contributed by atoms with E-state index in [1.807, 2.05) is 44.2 Å². The maximum atomic E-state index is 11.3. The average Bonchev–Trinajstić information content (AvgIpc) is 2.17. The molecular weight excluding hydrogens is 226 g/mol. The molecule has 0 fully saturated rings. The average molecular weight is 244 g/mol. The Morgan fingerprint density at radius 2 is 1.88 bits per heavy atom. The van der Waals surface area contributed by atoms with Gasteiger partial charge in [0.05, 0.1) is 12.5 Å². The quantitative estimate of drug-likeness (QED) is 0.827. The van der Waals surface area contributed by atoms with Crippen LogP contribution in [0.2, 0.25) is 0 Å². The minimum absolute atomic E-state index is 0. The Kier molecular flexibility index (Phi) is 6.77. The minimum Gasteiger partial charge on any atom is -0.463 e. The maximum absolute atomic E-state index is 11.3. The van der Waals surface area contributed by atoms with E-state index in [2.05, 4.69) is 0 Å². The van der Waals surface area contributed by atoms with E-state index in [0.717, 1.165) is 5.56 Å². The topological polar surface area (TPSA) is 52.3 Å². The predicted octanol–water partition coefficient (Wildman–Crippen LogP) is 2.45. The Bertz CT molecular complexity index is 314. The second-order valence-electron chi connectivity index (χ2n) is 3.76. The molecule has 0 aliphatic rings. The van der Waals surface area contributed by atoms with Crippen molar-refractivity contribution in [1.29, 1.82) is 0 Å². The number of carbonyl (C=O) groups excluding carboxylic acids is 1. The van der Waals surface area contributed by atoms with Crippen LogP contribution in [0.5, 0.6) is 0 Å². The van der Waals surface area contributed by atoms with Crippen LogP contribution >= 0.6 is 12.4 Å². The molecule has 0 aromatic heterocycles. The van der Waals surface area contributed by atoms with E-state index in [-0.39, 0.29) is 36.9 Å². The Hall–Kier alpha value is -1.06. The first kappa shape index (κ1) is 14.9. The van der Waals surface area contributed by atoms with Gasteiger partial charge in [0.25, 0.3) is 0 Å². The number of halogens is 1. The molecule has 1 unspecified atom stereocenters. The van der Waals surface area contributed by atoms with E-state index in [9.17, 15) is 4.79 Å². The predicted molar refractivity (Wildman–Crippen MR) is 66.5 cm³/mol. The van der Waals surface area contributed by atoms with Crippen LogP contribution in [0.3, 0.4) is 0 Å². The summed E-state index contributed by atoms with van der Waals surface area (Å²) in [5.41, 5.74) is 6.83. The smallest absolute Gasteiger partial charge is 0.307 e. The SMILES string of the molecule is CC(C)OC(=O)CC(N)c1ccccc1.Cl. The molecule has 16 heavy (non-hydrogen) atoms. The number of hydrogen-bond acceptors (Lipinski definition) is 3. The fraction of sp³-hybridized carbons (Fsp3) is 0.417. The Balaban J connectivity index is 0.00000225. The molecule has 0 spiro atoms. The molecule has 1 atom stereocenters. The van der Waals surface area contributed by atoms with Gasteiger partial charge in [0.15, 0.2) is 0 Å². The summed E-state index contributed by atoms with van der Waals surface area (Å²) in [6, 6.07) is 9.27. The molecular formula is C12H18ClNO2. The minimum atomic E-state index is -0.280. The molecule has 0 radical (unpaired) electrons. The number of nitrogens with two attached hydrogens (primary N) is 1. The Morgan fingerprint density at radius 1 is 1.31 bits per heavy atom. The molecule has 0 saturated heterocycles. The maximum Gasteiger partial charge on any atom is 0.307 e. The zero-order valence-electron chi connectivity index (χ0n) is 9.55. The van der Waals surface area contributed by atoms with Gasteiger partial charge >= 0.3 is 5.97 Å². The number of carbonyl (C=O) groups is 1. The van der Waals surface area contributed by atoms with Crippen molar-refractivity contribution in [2.45, 2.75) is 32.4 Å². The lowest BCUT2D eigenvalue weighted by atomic mass is 10.1. The van der Waals surface area contributed by atoms with Gasteiger partial charge in [0.1, 0.15) is 0 Å². The van der Waals surface area contributed by atoms with Gasteiger partial charge in [-0.3, -0.25) is 4.79 Å². The summed E-state index contributed by atoms with van der Waals surface area (Å²) >= 11 is 0. The van der Waals surface area contributed by atoms with Crippen molar-refractivity contribution in [3.05, 3.63) is 35.9 Å². The van der Waals surface area contributed by atoms with Crippen molar-refractivity contribution in [3.63, 3.8) is 0 Å². The second-order valence-corrected chi connectivity index (χ2v) is 3.76. The van der Waals surface area contributed by atoms with Crippen LogP contribution in [0.1, 0.15) is 31.9 Å². The standard InChI is InChI=1S/C12H17NO2.ClH/c1-9(2)15-12(14)8-11(13)10-6-4-3-5-7-10;/h3-7,9,11H,8,13H2,1-2H3;1H. The number of ether oxygens (including phenoxy) is 1. The van der Waals surface area contributed by atoms with Gasteiger partial charge in [-0.1, -0.05) is 30.3 Å². The lowest BCUT2D eigenvalue weighted by Crippen LogP contribution is -2.19.